The van der Waals surface area contributed by atoms with Gasteiger partial charge < -0.3 is 9.47 Å². The van der Waals surface area contributed by atoms with E-state index in [1.807, 2.05) is 6.92 Å². The summed E-state index contributed by atoms with van der Waals surface area (Å²) < 4.78 is 37.0. The number of aryl methyl sites for hydroxylation is 1. The molecule has 7 heteroatoms. The molecular formula is C16H23NO5S. The maximum absolute atomic E-state index is 12.7. The van der Waals surface area contributed by atoms with Crippen LogP contribution >= 0.6 is 0 Å². The number of sulfonamides is 1. The van der Waals surface area contributed by atoms with Crippen LogP contribution in [0.1, 0.15) is 25.3 Å². The highest BCUT2D eigenvalue weighted by Gasteiger charge is 2.32. The second-order valence-electron chi connectivity index (χ2n) is 5.56. The maximum atomic E-state index is 12.7. The van der Waals surface area contributed by atoms with E-state index in [1.165, 1.54) is 4.31 Å². The van der Waals surface area contributed by atoms with E-state index < -0.39 is 10.0 Å². The summed E-state index contributed by atoms with van der Waals surface area (Å²) in [5, 5.41) is 0. The summed E-state index contributed by atoms with van der Waals surface area (Å²) in [4.78, 5) is 12.0. The van der Waals surface area contributed by atoms with Gasteiger partial charge in [0, 0.05) is 13.1 Å². The molecule has 2 rings (SSSR count). The summed E-state index contributed by atoms with van der Waals surface area (Å²) in [5.41, 5.74) is 0.773. The number of piperidine rings is 1. The van der Waals surface area contributed by atoms with Gasteiger partial charge in [-0.25, -0.2) is 8.42 Å². The molecule has 1 saturated heterocycles. The minimum Gasteiger partial charge on any atom is -0.496 e. The summed E-state index contributed by atoms with van der Waals surface area (Å²) in [6.07, 6.45) is 0.987. The first kappa shape index (κ1) is 17.7. The van der Waals surface area contributed by atoms with E-state index in [2.05, 4.69) is 0 Å². The van der Waals surface area contributed by atoms with Gasteiger partial charge in [-0.3, -0.25) is 4.79 Å². The Kier molecular flexibility index (Phi) is 5.64. The van der Waals surface area contributed by atoms with Gasteiger partial charge in [0.15, 0.2) is 0 Å². The largest absolute Gasteiger partial charge is 0.496 e. The average molecular weight is 341 g/mol. The van der Waals surface area contributed by atoms with Gasteiger partial charge in [-0.1, -0.05) is 0 Å². The summed E-state index contributed by atoms with van der Waals surface area (Å²) in [6.45, 7) is 4.59. The summed E-state index contributed by atoms with van der Waals surface area (Å²) in [7, 11) is -1.99. The van der Waals surface area contributed by atoms with Gasteiger partial charge in [-0.2, -0.15) is 4.31 Å². The third kappa shape index (κ3) is 3.84. The minimum absolute atomic E-state index is 0.209. The molecule has 0 bridgehead atoms. The van der Waals surface area contributed by atoms with Crippen LogP contribution in [0, 0.1) is 12.8 Å². The lowest BCUT2D eigenvalue weighted by Crippen LogP contribution is -2.40. The van der Waals surface area contributed by atoms with Gasteiger partial charge in [0.1, 0.15) is 5.75 Å². The molecule has 0 atom stereocenters. The molecule has 1 heterocycles. The number of carbonyl (C=O) groups is 1. The third-order valence-corrected chi connectivity index (χ3v) is 5.97. The van der Waals surface area contributed by atoms with Crippen LogP contribution in [0.5, 0.6) is 5.75 Å². The van der Waals surface area contributed by atoms with Gasteiger partial charge in [-0.15, -0.1) is 0 Å². The Morgan fingerprint density at radius 1 is 1.30 bits per heavy atom. The molecule has 0 spiro atoms. The lowest BCUT2D eigenvalue weighted by Gasteiger charge is -2.30. The Bertz CT molecular complexity index is 663. The van der Waals surface area contributed by atoms with Crippen molar-refractivity contribution >= 4 is 16.0 Å². The maximum Gasteiger partial charge on any atom is 0.309 e. The summed E-state index contributed by atoms with van der Waals surface area (Å²) in [5.74, 6) is 0.216. The molecule has 1 aliphatic rings. The number of hydrogen-bond acceptors (Lipinski definition) is 5. The fourth-order valence-electron chi connectivity index (χ4n) is 2.75. The molecule has 0 N–H and O–H groups in total. The molecule has 128 valence electrons. The zero-order valence-corrected chi connectivity index (χ0v) is 14.6. The number of methoxy groups -OCH3 is 1. The number of esters is 1. The molecule has 1 fully saturated rings. The van der Waals surface area contributed by atoms with E-state index in [0.29, 0.717) is 38.3 Å². The number of nitrogens with zero attached hydrogens (tertiary/aromatic N) is 1. The Balaban J connectivity index is 2.10. The van der Waals surface area contributed by atoms with Crippen molar-refractivity contribution in [2.45, 2.75) is 31.6 Å². The molecule has 23 heavy (non-hydrogen) atoms. The molecule has 6 nitrogen and oxygen atoms in total. The first-order valence-electron chi connectivity index (χ1n) is 7.71. The van der Waals surface area contributed by atoms with Gasteiger partial charge in [0.25, 0.3) is 0 Å². The predicted molar refractivity (Wildman–Crippen MR) is 85.8 cm³/mol. The quantitative estimate of drug-likeness (QED) is 0.766. The standard InChI is InChI=1S/C16H23NO5S/c1-4-22-16(18)13-7-9-17(10-8-13)23(19,20)14-5-6-15(21-3)12(2)11-14/h5-6,11,13H,4,7-10H2,1-3H3. The van der Waals surface area contributed by atoms with Crippen LogP contribution in [0.25, 0.3) is 0 Å². The van der Waals surface area contributed by atoms with Gasteiger partial charge in [0.05, 0.1) is 24.5 Å². The lowest BCUT2D eigenvalue weighted by molar-refractivity contribution is -0.149. The topological polar surface area (TPSA) is 72.9 Å². The second-order valence-corrected chi connectivity index (χ2v) is 7.50. The van der Waals surface area contributed by atoms with E-state index in [1.54, 1.807) is 32.2 Å². The molecule has 0 aromatic heterocycles. The van der Waals surface area contributed by atoms with Crippen molar-refractivity contribution in [3.8, 4) is 5.75 Å². The van der Waals surface area contributed by atoms with Gasteiger partial charge >= 0.3 is 5.97 Å². The van der Waals surface area contributed by atoms with Crippen molar-refractivity contribution in [3.63, 3.8) is 0 Å². The Morgan fingerprint density at radius 3 is 2.48 bits per heavy atom. The lowest BCUT2D eigenvalue weighted by atomic mass is 9.98. The average Bonchev–Trinajstić information content (AvgIpc) is 2.55. The van der Waals surface area contributed by atoms with E-state index in [9.17, 15) is 13.2 Å². The number of ether oxygens (including phenoxy) is 2. The van der Waals surface area contributed by atoms with Crippen LogP contribution in [-0.2, 0) is 19.6 Å². The first-order valence-corrected chi connectivity index (χ1v) is 9.15. The molecule has 0 unspecified atom stereocenters. The van der Waals surface area contributed by atoms with Gasteiger partial charge in [-0.05, 0) is 50.5 Å². The zero-order chi connectivity index (χ0) is 17.0. The number of carbonyl (C=O) groups excluding carboxylic acids is 1. The summed E-state index contributed by atoms with van der Waals surface area (Å²) >= 11 is 0. The highest BCUT2D eigenvalue weighted by Crippen LogP contribution is 2.27. The van der Waals surface area contributed by atoms with E-state index in [-0.39, 0.29) is 16.8 Å². The van der Waals surface area contributed by atoms with Crippen LogP contribution in [0.4, 0.5) is 0 Å². The van der Waals surface area contributed by atoms with Crippen molar-refractivity contribution < 1.29 is 22.7 Å². The smallest absolute Gasteiger partial charge is 0.309 e. The Morgan fingerprint density at radius 2 is 1.96 bits per heavy atom. The second kappa shape index (κ2) is 7.31. The van der Waals surface area contributed by atoms with Crippen LogP contribution < -0.4 is 4.74 Å². The van der Waals surface area contributed by atoms with Crippen LogP contribution in [0.3, 0.4) is 0 Å². The number of benzene rings is 1. The first-order chi connectivity index (χ1) is 10.9. The molecule has 0 radical (unpaired) electrons. The van der Waals surface area contributed by atoms with E-state index in [0.717, 1.165) is 5.56 Å². The SMILES string of the molecule is CCOC(=O)C1CCN(S(=O)(=O)c2ccc(OC)c(C)c2)CC1. The molecule has 1 aromatic rings. The predicted octanol–water partition coefficient (Wildman–Crippen LogP) is 1.97. The highest BCUT2D eigenvalue weighted by atomic mass is 32.2. The van der Waals surface area contributed by atoms with Crippen LogP contribution in [0.15, 0.2) is 23.1 Å². The fourth-order valence-corrected chi connectivity index (χ4v) is 4.31. The van der Waals surface area contributed by atoms with Crippen molar-refractivity contribution in [2.75, 3.05) is 26.8 Å². The minimum atomic E-state index is -3.55. The van der Waals surface area contributed by atoms with Crippen LogP contribution in [-0.4, -0.2) is 45.5 Å². The van der Waals surface area contributed by atoms with E-state index in [4.69, 9.17) is 9.47 Å². The zero-order valence-electron chi connectivity index (χ0n) is 13.7. The fraction of sp³-hybridized carbons (Fsp3) is 0.562. The normalized spacial score (nSPS) is 17.0. The van der Waals surface area contributed by atoms with Crippen molar-refractivity contribution in [1.29, 1.82) is 0 Å². The van der Waals surface area contributed by atoms with Crippen molar-refractivity contribution in [2.24, 2.45) is 5.92 Å². The van der Waals surface area contributed by atoms with Crippen molar-refractivity contribution in [3.05, 3.63) is 23.8 Å². The number of rotatable bonds is 5. The van der Waals surface area contributed by atoms with E-state index >= 15 is 0 Å². The molecule has 1 aromatic carbocycles. The monoisotopic (exact) mass is 341 g/mol. The molecule has 0 amide bonds. The molecule has 0 aliphatic carbocycles. The number of hydrogen-bond donors (Lipinski definition) is 0. The van der Waals surface area contributed by atoms with Crippen molar-refractivity contribution in [1.82, 2.24) is 4.31 Å². The third-order valence-electron chi connectivity index (χ3n) is 4.08. The Labute approximate surface area is 137 Å². The van der Waals surface area contributed by atoms with Crippen LogP contribution in [0.2, 0.25) is 0 Å². The molecule has 1 aliphatic heterocycles. The Hall–Kier alpha value is -1.60. The van der Waals surface area contributed by atoms with Gasteiger partial charge in [0.2, 0.25) is 10.0 Å². The molecular weight excluding hydrogens is 318 g/mol. The highest BCUT2D eigenvalue weighted by molar-refractivity contribution is 7.89. The summed E-state index contributed by atoms with van der Waals surface area (Å²) in [6, 6.07) is 4.83. The molecule has 0 saturated carbocycles.